The highest BCUT2D eigenvalue weighted by atomic mass is 35.5. The maximum atomic E-state index is 8.26. The third-order valence-corrected chi connectivity index (χ3v) is 13.1. The van der Waals surface area contributed by atoms with E-state index in [1.807, 2.05) is 0 Å². The molecule has 0 heterocycles. The summed E-state index contributed by atoms with van der Waals surface area (Å²) in [5, 5.41) is 4.95. The summed E-state index contributed by atoms with van der Waals surface area (Å²) >= 11 is 16.5. The molecular formula is C42H32Cl2Si. The van der Waals surface area contributed by atoms with Crippen LogP contribution < -0.4 is 0 Å². The maximum Gasteiger partial charge on any atom is 0.119 e. The molecular weight excluding hydrogens is 603 g/mol. The Morgan fingerprint density at radius 2 is 0.756 bits per heavy atom. The van der Waals surface area contributed by atoms with Gasteiger partial charge in [-0.05, 0) is 116 Å². The third-order valence-electron chi connectivity index (χ3n) is 10.0. The molecule has 0 N–H and O–H groups in total. The van der Waals surface area contributed by atoms with E-state index < -0.39 is 8.99 Å². The first-order chi connectivity index (χ1) is 21.7. The minimum Gasteiger partial charge on any atom is -0.113 e. The molecule has 2 unspecified atom stereocenters. The Morgan fingerprint density at radius 3 is 1.18 bits per heavy atom. The summed E-state index contributed by atoms with van der Waals surface area (Å²) in [5.74, 6) is 0. The maximum absolute atomic E-state index is 8.26. The van der Waals surface area contributed by atoms with Gasteiger partial charge in [0.05, 0.1) is 8.99 Å². The Hall–Kier alpha value is -3.88. The van der Waals surface area contributed by atoms with Crippen LogP contribution in [0.15, 0.2) is 121 Å². The van der Waals surface area contributed by atoms with Crippen LogP contribution in [-0.4, -0.2) is 9.52 Å². The van der Waals surface area contributed by atoms with E-state index in [1.54, 1.807) is 0 Å². The van der Waals surface area contributed by atoms with E-state index in [-0.39, 0.29) is 9.52 Å². The van der Waals surface area contributed by atoms with Crippen molar-refractivity contribution in [1.29, 1.82) is 0 Å². The van der Waals surface area contributed by atoms with Gasteiger partial charge in [0.1, 0.15) is 9.52 Å². The number of rotatable bonds is 4. The van der Waals surface area contributed by atoms with E-state index in [2.05, 4.69) is 149 Å². The number of hydrogen-bond acceptors (Lipinski definition) is 0. The molecule has 0 amide bonds. The Kier molecular flexibility index (Phi) is 6.56. The Morgan fingerprint density at radius 1 is 0.400 bits per heavy atom. The number of halogens is 2. The lowest BCUT2D eigenvalue weighted by Crippen LogP contribution is -2.40. The van der Waals surface area contributed by atoms with Crippen molar-refractivity contribution in [2.24, 2.45) is 0 Å². The molecule has 2 radical (unpaired) electrons. The highest BCUT2D eigenvalue weighted by Gasteiger charge is 2.54. The fourth-order valence-electron chi connectivity index (χ4n) is 7.88. The summed E-state index contributed by atoms with van der Waals surface area (Å²) in [4.78, 5) is 0. The van der Waals surface area contributed by atoms with Crippen LogP contribution in [0.25, 0.3) is 43.8 Å². The molecule has 2 aliphatic rings. The summed E-state index contributed by atoms with van der Waals surface area (Å²) in [7, 11) is 0.115. The van der Waals surface area contributed by atoms with Crippen LogP contribution in [0.4, 0.5) is 0 Å². The first-order valence-corrected chi connectivity index (χ1v) is 17.3. The normalized spacial score (nSPS) is 20.8. The fraction of sp³-hybridized carbons (Fsp3) is 0.143. The molecule has 8 rings (SSSR count). The molecule has 0 bridgehead atoms. The second kappa shape index (κ2) is 10.3. The minimum absolute atomic E-state index is 0.115. The van der Waals surface area contributed by atoms with Crippen molar-refractivity contribution < 1.29 is 0 Å². The van der Waals surface area contributed by atoms with Gasteiger partial charge in [0.2, 0.25) is 0 Å². The van der Waals surface area contributed by atoms with E-state index in [9.17, 15) is 0 Å². The predicted octanol–water partition coefficient (Wildman–Crippen LogP) is 11.7. The number of benzene rings is 6. The molecule has 6 aromatic rings. The fourth-order valence-corrected chi connectivity index (χ4v) is 11.8. The molecule has 0 aliphatic heterocycles. The van der Waals surface area contributed by atoms with Gasteiger partial charge in [0, 0.05) is 0 Å². The molecule has 3 heteroatoms. The van der Waals surface area contributed by atoms with Gasteiger partial charge < -0.3 is 0 Å². The van der Waals surface area contributed by atoms with Crippen molar-refractivity contribution in [3.8, 4) is 0 Å². The molecule has 0 saturated heterocycles. The van der Waals surface area contributed by atoms with E-state index in [0.717, 1.165) is 22.3 Å². The van der Waals surface area contributed by atoms with Crippen molar-refractivity contribution >= 4 is 76.6 Å². The van der Waals surface area contributed by atoms with Crippen molar-refractivity contribution in [2.75, 3.05) is 0 Å². The van der Waals surface area contributed by atoms with Gasteiger partial charge >= 0.3 is 0 Å². The third kappa shape index (κ3) is 4.04. The molecule has 6 aromatic carbocycles. The molecule has 0 spiro atoms. The second-order valence-electron chi connectivity index (χ2n) is 12.5. The number of allylic oxidation sites excluding steroid dienone is 4. The zero-order valence-corrected chi connectivity index (χ0v) is 28.3. The molecule has 2 atom stereocenters. The van der Waals surface area contributed by atoms with Crippen LogP contribution in [0.5, 0.6) is 0 Å². The zero-order valence-electron chi connectivity index (χ0n) is 25.8. The summed E-state index contributed by atoms with van der Waals surface area (Å²) < 4.78 is -1.69. The van der Waals surface area contributed by atoms with Gasteiger partial charge in [-0.15, -0.1) is 23.2 Å². The molecule has 0 aromatic heterocycles. The Balaban J connectivity index is 1.41. The van der Waals surface area contributed by atoms with Crippen LogP contribution in [0.3, 0.4) is 0 Å². The van der Waals surface area contributed by atoms with Crippen LogP contribution >= 0.6 is 23.2 Å². The average Bonchev–Trinajstić information content (AvgIpc) is 3.41. The standard InChI is InChI=1S/C42H32Cl2Si/c1-25-21-23-35(33-17-7-5-13-29(25)33)39-27(3)31-15-9-11-19-37(31)41(39,43)45-42(44)38-20-12-10-16-32(38)28(4)40(42)36-24-22-26(2)30-14-6-8-18-34(30)36/h5-24H,1-4H3. The van der Waals surface area contributed by atoms with Crippen molar-refractivity contribution in [1.82, 2.24) is 0 Å². The summed E-state index contributed by atoms with van der Waals surface area (Å²) in [6.45, 7) is 8.83. The van der Waals surface area contributed by atoms with E-state index in [0.29, 0.717) is 0 Å². The Labute approximate surface area is 277 Å². The molecule has 218 valence electrons. The van der Waals surface area contributed by atoms with Crippen LogP contribution in [0.1, 0.15) is 58.4 Å². The number of alkyl halides is 2. The average molecular weight is 636 g/mol. The first kappa shape index (κ1) is 28.6. The molecule has 45 heavy (non-hydrogen) atoms. The summed E-state index contributed by atoms with van der Waals surface area (Å²) in [5.41, 5.74) is 14.3. The van der Waals surface area contributed by atoms with Gasteiger partial charge in [-0.3, -0.25) is 0 Å². The largest absolute Gasteiger partial charge is 0.119 e. The molecule has 0 fully saturated rings. The minimum atomic E-state index is -0.843. The van der Waals surface area contributed by atoms with Gasteiger partial charge in [0.25, 0.3) is 0 Å². The molecule has 0 saturated carbocycles. The Bertz CT molecular complexity index is 2110. The monoisotopic (exact) mass is 634 g/mol. The quantitative estimate of drug-likeness (QED) is 0.134. The van der Waals surface area contributed by atoms with Gasteiger partial charge in [-0.2, -0.15) is 0 Å². The van der Waals surface area contributed by atoms with Gasteiger partial charge in [-0.1, -0.05) is 121 Å². The smallest absolute Gasteiger partial charge is 0.113 e. The van der Waals surface area contributed by atoms with E-state index >= 15 is 0 Å². The lowest BCUT2D eigenvalue weighted by molar-refractivity contribution is 1.03. The van der Waals surface area contributed by atoms with Crippen LogP contribution in [-0.2, 0) is 8.99 Å². The number of aryl methyl sites for hydroxylation is 2. The van der Waals surface area contributed by atoms with Gasteiger partial charge in [0.15, 0.2) is 0 Å². The van der Waals surface area contributed by atoms with Crippen molar-refractivity contribution in [2.45, 2.75) is 36.7 Å². The highest BCUT2D eigenvalue weighted by Crippen LogP contribution is 2.61. The summed E-state index contributed by atoms with van der Waals surface area (Å²) in [6.07, 6.45) is 0. The van der Waals surface area contributed by atoms with Crippen LogP contribution in [0, 0.1) is 13.8 Å². The topological polar surface area (TPSA) is 0 Å². The second-order valence-corrected chi connectivity index (χ2v) is 16.0. The SMILES string of the molecule is CC1=C(c2ccc(C)c3ccccc23)C(Cl)([Si]C2(Cl)C(c3ccc(C)c4ccccc34)=C(C)c3ccccc32)c2ccccc21. The molecule has 2 aliphatic carbocycles. The first-order valence-electron chi connectivity index (χ1n) is 15.5. The van der Waals surface area contributed by atoms with Crippen molar-refractivity contribution in [3.05, 3.63) is 166 Å². The molecule has 0 nitrogen and oxygen atoms in total. The zero-order chi connectivity index (χ0) is 31.1. The van der Waals surface area contributed by atoms with Crippen molar-refractivity contribution in [3.63, 3.8) is 0 Å². The highest BCUT2D eigenvalue weighted by molar-refractivity contribution is 6.74. The number of hydrogen-bond donors (Lipinski definition) is 0. The summed E-state index contributed by atoms with van der Waals surface area (Å²) in [6, 6.07) is 43.7. The van der Waals surface area contributed by atoms with Crippen LogP contribution in [0.2, 0.25) is 0 Å². The van der Waals surface area contributed by atoms with E-state index in [1.165, 1.54) is 66.1 Å². The lowest BCUT2D eigenvalue weighted by atomic mass is 9.92. The lowest BCUT2D eigenvalue weighted by Gasteiger charge is -2.37. The number of fused-ring (bicyclic) bond motifs is 4. The van der Waals surface area contributed by atoms with Gasteiger partial charge in [-0.25, -0.2) is 0 Å². The van der Waals surface area contributed by atoms with E-state index in [4.69, 9.17) is 23.2 Å². The predicted molar refractivity (Wildman–Crippen MR) is 196 cm³/mol.